The minimum Gasteiger partial charge on any atom is -0.487 e. The van der Waals surface area contributed by atoms with Gasteiger partial charge in [-0.2, -0.15) is 0 Å². The molecule has 3 rings (SSSR count). The van der Waals surface area contributed by atoms with Gasteiger partial charge in [0.15, 0.2) is 5.69 Å². The van der Waals surface area contributed by atoms with Gasteiger partial charge in [-0.15, -0.1) is 0 Å². The van der Waals surface area contributed by atoms with Gasteiger partial charge in [0.2, 0.25) is 0 Å². The van der Waals surface area contributed by atoms with Crippen molar-refractivity contribution in [3.63, 3.8) is 0 Å². The summed E-state index contributed by atoms with van der Waals surface area (Å²) in [5.41, 5.74) is 0.194. The van der Waals surface area contributed by atoms with E-state index in [1.807, 2.05) is 20.8 Å². The number of fused-ring (bicyclic) bond motifs is 1. The van der Waals surface area contributed by atoms with Gasteiger partial charge >= 0.3 is 6.09 Å². The molecule has 0 bridgehead atoms. The standard InChI is InChI=1S/C19H24N2O4/c1-18(2,3)25-17(23)21-9-7-19(8-10-21)12-15(22)14-11-13(20-4)5-6-16(14)24-19/h5-6,11,15,22H,7-10,12H2,1-3H3. The Kier molecular flexibility index (Phi) is 4.38. The topological polar surface area (TPSA) is 63.4 Å². The highest BCUT2D eigenvalue weighted by atomic mass is 16.6. The average molecular weight is 344 g/mol. The van der Waals surface area contributed by atoms with Crippen molar-refractivity contribution in [3.05, 3.63) is 35.2 Å². The number of rotatable bonds is 0. The Hall–Kier alpha value is -2.26. The molecule has 25 heavy (non-hydrogen) atoms. The molecule has 1 amide bonds. The largest absolute Gasteiger partial charge is 0.487 e. The maximum absolute atomic E-state index is 12.2. The number of aliphatic hydroxyl groups excluding tert-OH is 1. The lowest BCUT2D eigenvalue weighted by atomic mass is 9.81. The average Bonchev–Trinajstić information content (AvgIpc) is 2.53. The van der Waals surface area contributed by atoms with Crippen LogP contribution in [0.3, 0.4) is 0 Å². The lowest BCUT2D eigenvalue weighted by Gasteiger charge is -2.46. The molecule has 1 fully saturated rings. The molecule has 0 radical (unpaired) electrons. The predicted molar refractivity (Wildman–Crippen MR) is 92.7 cm³/mol. The van der Waals surface area contributed by atoms with Crippen LogP contribution in [0.4, 0.5) is 10.5 Å². The molecule has 0 aliphatic carbocycles. The molecule has 2 heterocycles. The van der Waals surface area contributed by atoms with Crippen LogP contribution in [0.2, 0.25) is 0 Å². The third kappa shape index (κ3) is 3.72. The molecule has 1 atom stereocenters. The van der Waals surface area contributed by atoms with E-state index in [4.69, 9.17) is 16.0 Å². The first-order chi connectivity index (χ1) is 11.7. The number of hydrogen-bond acceptors (Lipinski definition) is 4. The first kappa shape index (κ1) is 17.6. The number of ether oxygens (including phenoxy) is 2. The lowest BCUT2D eigenvalue weighted by Crippen LogP contribution is -2.52. The molecule has 1 N–H and O–H groups in total. The molecule has 2 aliphatic rings. The van der Waals surface area contributed by atoms with E-state index in [1.54, 1.807) is 23.1 Å². The summed E-state index contributed by atoms with van der Waals surface area (Å²) in [5.74, 6) is 0.636. The molecular formula is C19H24N2O4. The van der Waals surface area contributed by atoms with Crippen LogP contribution in [0.15, 0.2) is 18.2 Å². The summed E-state index contributed by atoms with van der Waals surface area (Å²) < 4.78 is 11.6. The van der Waals surface area contributed by atoms with Crippen molar-refractivity contribution in [2.45, 2.75) is 57.3 Å². The van der Waals surface area contributed by atoms with Crippen molar-refractivity contribution >= 4 is 11.8 Å². The van der Waals surface area contributed by atoms with Crippen molar-refractivity contribution in [3.8, 4) is 5.75 Å². The Morgan fingerprint density at radius 2 is 2.08 bits per heavy atom. The number of hydrogen-bond donors (Lipinski definition) is 1. The number of benzene rings is 1. The molecule has 134 valence electrons. The minimum atomic E-state index is -0.654. The van der Waals surface area contributed by atoms with E-state index < -0.39 is 17.3 Å². The Labute approximate surface area is 148 Å². The molecule has 1 unspecified atom stereocenters. The van der Waals surface area contributed by atoms with Crippen LogP contribution in [0.25, 0.3) is 4.85 Å². The molecule has 1 aromatic carbocycles. The summed E-state index contributed by atoms with van der Waals surface area (Å²) in [7, 11) is 0. The van der Waals surface area contributed by atoms with Gasteiger partial charge in [-0.25, -0.2) is 9.64 Å². The van der Waals surface area contributed by atoms with E-state index >= 15 is 0 Å². The van der Waals surface area contributed by atoms with Gasteiger partial charge in [-0.05, 0) is 32.9 Å². The van der Waals surface area contributed by atoms with Crippen molar-refractivity contribution in [1.29, 1.82) is 0 Å². The fourth-order valence-electron chi connectivity index (χ4n) is 3.43. The van der Waals surface area contributed by atoms with Gasteiger partial charge in [-0.1, -0.05) is 6.07 Å². The summed E-state index contributed by atoms with van der Waals surface area (Å²) >= 11 is 0. The predicted octanol–water partition coefficient (Wildman–Crippen LogP) is 3.82. The summed E-state index contributed by atoms with van der Waals surface area (Å²) in [5, 5.41) is 10.5. The zero-order chi connectivity index (χ0) is 18.2. The summed E-state index contributed by atoms with van der Waals surface area (Å²) in [6, 6.07) is 5.15. The number of carbonyl (C=O) groups excluding carboxylic acids is 1. The molecule has 0 saturated carbocycles. The Morgan fingerprint density at radius 1 is 1.40 bits per heavy atom. The maximum Gasteiger partial charge on any atom is 0.410 e. The molecule has 1 spiro atoms. The minimum absolute atomic E-state index is 0.305. The van der Waals surface area contributed by atoms with E-state index in [0.717, 1.165) is 0 Å². The zero-order valence-corrected chi connectivity index (χ0v) is 14.9. The second-order valence-corrected chi connectivity index (χ2v) is 7.81. The molecule has 6 heteroatoms. The van der Waals surface area contributed by atoms with Gasteiger partial charge < -0.3 is 19.5 Å². The van der Waals surface area contributed by atoms with E-state index in [0.29, 0.717) is 49.4 Å². The van der Waals surface area contributed by atoms with Crippen molar-refractivity contribution in [1.82, 2.24) is 4.90 Å². The number of likely N-dealkylation sites (tertiary alicyclic amines) is 1. The SMILES string of the molecule is [C-]#[N+]c1ccc2c(c1)C(O)CC1(CCN(C(=O)OC(C)(C)C)CC1)O2. The van der Waals surface area contributed by atoms with Gasteiger partial charge in [0.1, 0.15) is 17.0 Å². The molecule has 1 saturated heterocycles. The van der Waals surface area contributed by atoms with Crippen molar-refractivity contribution in [2.75, 3.05) is 13.1 Å². The first-order valence-electron chi connectivity index (χ1n) is 8.58. The fourth-order valence-corrected chi connectivity index (χ4v) is 3.43. The maximum atomic E-state index is 12.2. The monoisotopic (exact) mass is 344 g/mol. The number of carbonyl (C=O) groups is 1. The third-order valence-electron chi connectivity index (χ3n) is 4.70. The number of aliphatic hydroxyl groups is 1. The highest BCUT2D eigenvalue weighted by Gasteiger charge is 2.44. The van der Waals surface area contributed by atoms with Crippen LogP contribution in [0.1, 0.15) is 51.7 Å². The number of piperidine rings is 1. The third-order valence-corrected chi connectivity index (χ3v) is 4.70. The quantitative estimate of drug-likeness (QED) is 0.727. The smallest absolute Gasteiger partial charge is 0.410 e. The van der Waals surface area contributed by atoms with Crippen LogP contribution in [-0.4, -0.2) is 40.4 Å². The Morgan fingerprint density at radius 3 is 2.68 bits per heavy atom. The van der Waals surface area contributed by atoms with Gasteiger partial charge in [-0.3, -0.25) is 0 Å². The molecule has 2 aliphatic heterocycles. The highest BCUT2D eigenvalue weighted by Crippen LogP contribution is 2.45. The van der Waals surface area contributed by atoms with E-state index in [2.05, 4.69) is 4.85 Å². The first-order valence-corrected chi connectivity index (χ1v) is 8.58. The molecular weight excluding hydrogens is 320 g/mol. The molecule has 6 nitrogen and oxygen atoms in total. The van der Waals surface area contributed by atoms with Gasteiger partial charge in [0.25, 0.3) is 0 Å². The summed E-state index contributed by atoms with van der Waals surface area (Å²) in [4.78, 5) is 17.3. The van der Waals surface area contributed by atoms with Crippen LogP contribution < -0.4 is 4.74 Å². The van der Waals surface area contributed by atoms with E-state index in [-0.39, 0.29) is 6.09 Å². The lowest BCUT2D eigenvalue weighted by molar-refractivity contribution is -0.0569. The number of nitrogens with zero attached hydrogens (tertiary/aromatic N) is 2. The Balaban J connectivity index is 1.69. The van der Waals surface area contributed by atoms with Crippen molar-refractivity contribution in [2.24, 2.45) is 0 Å². The van der Waals surface area contributed by atoms with Crippen LogP contribution in [0, 0.1) is 6.57 Å². The van der Waals surface area contributed by atoms with Crippen LogP contribution >= 0.6 is 0 Å². The molecule has 1 aromatic rings. The zero-order valence-electron chi connectivity index (χ0n) is 14.9. The van der Waals surface area contributed by atoms with Gasteiger partial charge in [0.05, 0.1) is 12.7 Å². The van der Waals surface area contributed by atoms with Gasteiger partial charge in [0, 0.05) is 37.9 Å². The normalized spacial score (nSPS) is 21.9. The molecule has 0 aromatic heterocycles. The fraction of sp³-hybridized carbons (Fsp3) is 0.579. The van der Waals surface area contributed by atoms with E-state index in [9.17, 15) is 9.90 Å². The summed E-state index contributed by atoms with van der Waals surface area (Å²) in [6.45, 7) is 13.7. The van der Waals surface area contributed by atoms with Crippen LogP contribution in [0.5, 0.6) is 5.75 Å². The van der Waals surface area contributed by atoms with Crippen molar-refractivity contribution < 1.29 is 19.4 Å². The highest BCUT2D eigenvalue weighted by molar-refractivity contribution is 5.68. The van der Waals surface area contributed by atoms with E-state index in [1.165, 1.54) is 0 Å². The number of amides is 1. The second-order valence-electron chi connectivity index (χ2n) is 7.81. The second kappa shape index (κ2) is 6.23. The Bertz CT molecular complexity index is 709. The summed E-state index contributed by atoms with van der Waals surface area (Å²) in [6.07, 6.45) is 0.809. The van der Waals surface area contributed by atoms with Crippen LogP contribution in [-0.2, 0) is 4.74 Å².